The first-order chi connectivity index (χ1) is 9.17. The molecule has 0 amide bonds. The highest BCUT2D eigenvalue weighted by Crippen LogP contribution is 2.21. The maximum Gasteiger partial charge on any atom is 0.0954 e. The van der Waals surface area contributed by atoms with Crippen LogP contribution in [0.1, 0.15) is 29.4 Å². The molecule has 0 fully saturated rings. The Bertz CT molecular complexity index is 353. The monoisotopic (exact) mass is 286 g/mol. The third kappa shape index (κ3) is 6.47. The van der Waals surface area contributed by atoms with E-state index < -0.39 is 0 Å². The maximum atomic E-state index is 5.49. The third-order valence-corrected chi connectivity index (χ3v) is 3.81. The van der Waals surface area contributed by atoms with Crippen LogP contribution in [0, 0.1) is 5.92 Å². The van der Waals surface area contributed by atoms with E-state index in [1.54, 1.807) is 18.4 Å². The third-order valence-electron chi connectivity index (χ3n) is 2.65. The van der Waals surface area contributed by atoms with Crippen LogP contribution in [-0.2, 0) is 28.9 Å². The summed E-state index contributed by atoms with van der Waals surface area (Å²) in [5.41, 5.74) is 1.25. The van der Waals surface area contributed by atoms with Gasteiger partial charge in [0.1, 0.15) is 0 Å². The van der Waals surface area contributed by atoms with Gasteiger partial charge in [0.05, 0.1) is 30.5 Å². The van der Waals surface area contributed by atoms with Crippen molar-refractivity contribution >= 4 is 11.3 Å². The SMILES string of the molecule is CNCc1sc(CCOCCOC)nc1CC(C)C. The summed E-state index contributed by atoms with van der Waals surface area (Å²) in [7, 11) is 3.67. The Kier molecular flexibility index (Phi) is 8.21. The molecule has 1 rings (SSSR count). The minimum absolute atomic E-state index is 0.642. The fourth-order valence-electron chi connectivity index (χ4n) is 1.79. The lowest BCUT2D eigenvalue weighted by Gasteiger charge is -2.04. The molecule has 0 saturated carbocycles. The summed E-state index contributed by atoms with van der Waals surface area (Å²) in [6.07, 6.45) is 1.95. The van der Waals surface area contributed by atoms with Crippen LogP contribution >= 0.6 is 11.3 Å². The van der Waals surface area contributed by atoms with Gasteiger partial charge in [-0.25, -0.2) is 4.98 Å². The molecule has 1 N–H and O–H groups in total. The molecule has 1 heterocycles. The molecule has 0 saturated heterocycles. The van der Waals surface area contributed by atoms with Crippen molar-refractivity contribution in [1.82, 2.24) is 10.3 Å². The van der Waals surface area contributed by atoms with Crippen LogP contribution in [0.3, 0.4) is 0 Å². The minimum Gasteiger partial charge on any atom is -0.382 e. The number of hydrogen-bond acceptors (Lipinski definition) is 5. The van der Waals surface area contributed by atoms with E-state index in [1.807, 2.05) is 7.05 Å². The molecule has 0 unspecified atom stereocenters. The molecule has 1 aromatic rings. The molecular formula is C14H26N2O2S. The number of methoxy groups -OCH3 is 1. The van der Waals surface area contributed by atoms with Gasteiger partial charge in [0.2, 0.25) is 0 Å². The van der Waals surface area contributed by atoms with Gasteiger partial charge in [-0.15, -0.1) is 11.3 Å². The summed E-state index contributed by atoms with van der Waals surface area (Å²) in [4.78, 5) is 6.12. The second-order valence-corrected chi connectivity index (χ2v) is 6.13. The zero-order valence-electron chi connectivity index (χ0n) is 12.5. The van der Waals surface area contributed by atoms with E-state index in [9.17, 15) is 0 Å². The average molecular weight is 286 g/mol. The lowest BCUT2D eigenvalue weighted by atomic mass is 10.1. The Morgan fingerprint density at radius 2 is 2.05 bits per heavy atom. The molecule has 1 aromatic heterocycles. The lowest BCUT2D eigenvalue weighted by molar-refractivity contribution is 0.0722. The zero-order chi connectivity index (χ0) is 14.1. The topological polar surface area (TPSA) is 43.4 Å². The average Bonchev–Trinajstić information content (AvgIpc) is 2.71. The van der Waals surface area contributed by atoms with Crippen molar-refractivity contribution in [3.8, 4) is 0 Å². The van der Waals surface area contributed by atoms with Crippen molar-refractivity contribution in [2.75, 3.05) is 34.0 Å². The van der Waals surface area contributed by atoms with Crippen molar-refractivity contribution in [3.05, 3.63) is 15.6 Å². The highest BCUT2D eigenvalue weighted by Gasteiger charge is 2.11. The Hall–Kier alpha value is -0.490. The molecular weight excluding hydrogens is 260 g/mol. The molecule has 110 valence electrons. The van der Waals surface area contributed by atoms with Gasteiger partial charge < -0.3 is 14.8 Å². The maximum absolute atomic E-state index is 5.49. The second kappa shape index (κ2) is 9.42. The molecule has 0 aliphatic rings. The summed E-state index contributed by atoms with van der Waals surface area (Å²) in [5, 5.41) is 4.40. The first kappa shape index (κ1) is 16.6. The van der Waals surface area contributed by atoms with Gasteiger partial charge in [-0.05, 0) is 19.4 Å². The standard InChI is InChI=1S/C14H26N2O2S/c1-11(2)9-12-13(10-15-3)19-14(16-12)5-6-18-8-7-17-4/h11,15H,5-10H2,1-4H3. The van der Waals surface area contributed by atoms with E-state index >= 15 is 0 Å². The van der Waals surface area contributed by atoms with Crippen LogP contribution in [0.25, 0.3) is 0 Å². The van der Waals surface area contributed by atoms with Crippen LogP contribution in [0.5, 0.6) is 0 Å². The van der Waals surface area contributed by atoms with Gasteiger partial charge in [-0.3, -0.25) is 0 Å². The summed E-state index contributed by atoms with van der Waals surface area (Å²) in [6.45, 7) is 7.40. The summed E-state index contributed by atoms with van der Waals surface area (Å²) < 4.78 is 10.4. The normalized spacial score (nSPS) is 11.4. The van der Waals surface area contributed by atoms with Gasteiger partial charge in [0.25, 0.3) is 0 Å². The van der Waals surface area contributed by atoms with Crippen LogP contribution in [0.2, 0.25) is 0 Å². The molecule has 0 atom stereocenters. The first-order valence-electron chi connectivity index (χ1n) is 6.86. The van der Waals surface area contributed by atoms with Gasteiger partial charge in [0, 0.05) is 25.0 Å². The van der Waals surface area contributed by atoms with E-state index in [0.717, 1.165) is 26.0 Å². The molecule has 0 aliphatic heterocycles. The summed E-state index contributed by atoms with van der Waals surface area (Å²) in [5.74, 6) is 0.642. The van der Waals surface area contributed by atoms with Crippen molar-refractivity contribution in [3.63, 3.8) is 0 Å². The molecule has 5 heteroatoms. The number of hydrogen-bond donors (Lipinski definition) is 1. The van der Waals surface area contributed by atoms with E-state index in [-0.39, 0.29) is 0 Å². The number of nitrogens with zero attached hydrogens (tertiary/aromatic N) is 1. The number of rotatable bonds is 10. The molecule has 0 aliphatic carbocycles. The highest BCUT2D eigenvalue weighted by atomic mass is 32.1. The quantitative estimate of drug-likeness (QED) is 0.670. The number of thiazole rings is 1. The van der Waals surface area contributed by atoms with E-state index in [2.05, 4.69) is 19.2 Å². The molecule has 0 aromatic carbocycles. The molecule has 19 heavy (non-hydrogen) atoms. The van der Waals surface area contributed by atoms with Crippen molar-refractivity contribution in [1.29, 1.82) is 0 Å². The first-order valence-corrected chi connectivity index (χ1v) is 7.67. The van der Waals surface area contributed by atoms with Crippen molar-refractivity contribution in [2.24, 2.45) is 5.92 Å². The van der Waals surface area contributed by atoms with Gasteiger partial charge in [-0.2, -0.15) is 0 Å². The summed E-state index contributed by atoms with van der Waals surface area (Å²) in [6, 6.07) is 0. The summed E-state index contributed by atoms with van der Waals surface area (Å²) >= 11 is 1.80. The van der Waals surface area contributed by atoms with Crippen molar-refractivity contribution < 1.29 is 9.47 Å². The number of nitrogens with one attached hydrogen (secondary N) is 1. The van der Waals surface area contributed by atoms with E-state index in [4.69, 9.17) is 14.5 Å². The Morgan fingerprint density at radius 3 is 2.68 bits per heavy atom. The number of ether oxygens (including phenoxy) is 2. The van der Waals surface area contributed by atoms with Crippen LogP contribution in [-0.4, -0.2) is 39.0 Å². The van der Waals surface area contributed by atoms with Crippen LogP contribution in [0.15, 0.2) is 0 Å². The Labute approximate surface area is 120 Å². The molecule has 4 nitrogen and oxygen atoms in total. The van der Waals surface area contributed by atoms with Crippen molar-refractivity contribution in [2.45, 2.75) is 33.2 Å². The van der Waals surface area contributed by atoms with Crippen LogP contribution < -0.4 is 5.32 Å². The highest BCUT2D eigenvalue weighted by molar-refractivity contribution is 7.11. The van der Waals surface area contributed by atoms with Crippen LogP contribution in [0.4, 0.5) is 0 Å². The fraction of sp³-hybridized carbons (Fsp3) is 0.786. The van der Waals surface area contributed by atoms with Gasteiger partial charge in [0.15, 0.2) is 0 Å². The second-order valence-electron chi connectivity index (χ2n) is 4.96. The van der Waals surface area contributed by atoms with Gasteiger partial charge in [-0.1, -0.05) is 13.8 Å². The Morgan fingerprint density at radius 1 is 1.26 bits per heavy atom. The zero-order valence-corrected chi connectivity index (χ0v) is 13.3. The Balaban J connectivity index is 2.49. The lowest BCUT2D eigenvalue weighted by Crippen LogP contribution is -2.07. The minimum atomic E-state index is 0.642. The largest absolute Gasteiger partial charge is 0.382 e. The number of aromatic nitrogens is 1. The predicted octanol–water partition coefficient (Wildman–Crippen LogP) is 2.27. The fourth-order valence-corrected chi connectivity index (χ4v) is 2.88. The molecule has 0 bridgehead atoms. The van der Waals surface area contributed by atoms with E-state index in [0.29, 0.717) is 19.1 Å². The van der Waals surface area contributed by atoms with E-state index in [1.165, 1.54) is 15.6 Å². The molecule has 0 radical (unpaired) electrons. The van der Waals surface area contributed by atoms with Gasteiger partial charge >= 0.3 is 0 Å². The predicted molar refractivity (Wildman–Crippen MR) is 79.8 cm³/mol. The molecule has 0 spiro atoms. The smallest absolute Gasteiger partial charge is 0.0954 e.